The highest BCUT2D eigenvalue weighted by Gasteiger charge is 2.16. The van der Waals surface area contributed by atoms with Gasteiger partial charge < -0.3 is 15.0 Å². The molecule has 0 fully saturated rings. The van der Waals surface area contributed by atoms with Crippen molar-refractivity contribution in [1.82, 2.24) is 14.9 Å². The first-order chi connectivity index (χ1) is 12.0. The lowest BCUT2D eigenvalue weighted by atomic mass is 9.93. The third-order valence-electron chi connectivity index (χ3n) is 4.70. The van der Waals surface area contributed by atoms with Crippen LogP contribution in [0.15, 0.2) is 30.3 Å². The van der Waals surface area contributed by atoms with E-state index < -0.39 is 0 Å². The summed E-state index contributed by atoms with van der Waals surface area (Å²) in [6.07, 6.45) is 6.53. The molecule has 0 saturated carbocycles. The minimum absolute atomic E-state index is 0. The van der Waals surface area contributed by atoms with Gasteiger partial charge in [0.1, 0.15) is 16.7 Å². The lowest BCUT2D eigenvalue weighted by molar-refractivity contribution is 0.462. The van der Waals surface area contributed by atoms with Gasteiger partial charge in [-0.25, -0.2) is 4.98 Å². The Bertz CT molecular complexity index is 756. The van der Waals surface area contributed by atoms with Crippen molar-refractivity contribution in [3.63, 3.8) is 0 Å². The zero-order chi connectivity index (χ0) is 17.8. The van der Waals surface area contributed by atoms with E-state index in [2.05, 4.69) is 16.4 Å². The Kier molecular flexibility index (Phi) is 7.84. The molecular weight excluding hydrogens is 393 g/mol. The Labute approximate surface area is 170 Å². The third kappa shape index (κ3) is 5.17. The van der Waals surface area contributed by atoms with Gasteiger partial charge >= 0.3 is 0 Å². The summed E-state index contributed by atoms with van der Waals surface area (Å²) in [5.41, 5.74) is 2.55. The van der Waals surface area contributed by atoms with Crippen molar-refractivity contribution in [3.05, 3.63) is 52.0 Å². The van der Waals surface area contributed by atoms with Crippen LogP contribution in [0.4, 0.5) is 0 Å². The number of aromatic hydroxyl groups is 1. The van der Waals surface area contributed by atoms with Gasteiger partial charge in [0, 0.05) is 19.1 Å². The molecule has 4 nitrogen and oxygen atoms in total. The summed E-state index contributed by atoms with van der Waals surface area (Å²) >= 11 is 12.1. The van der Waals surface area contributed by atoms with Gasteiger partial charge in [-0.1, -0.05) is 47.8 Å². The molecule has 1 unspecified atom stereocenters. The van der Waals surface area contributed by atoms with Crippen LogP contribution in [0, 0.1) is 6.92 Å². The number of nitrogens with one attached hydrogen (secondary N) is 1. The van der Waals surface area contributed by atoms with E-state index in [0.29, 0.717) is 22.1 Å². The number of nitrogens with zero attached hydrogens (tertiary/aromatic N) is 2. The zero-order valence-corrected chi connectivity index (χ0v) is 17.0. The van der Waals surface area contributed by atoms with E-state index in [0.717, 1.165) is 44.6 Å². The van der Waals surface area contributed by atoms with Crippen molar-refractivity contribution in [2.75, 3.05) is 6.54 Å². The van der Waals surface area contributed by atoms with Crippen LogP contribution in [0.5, 0.6) is 5.75 Å². The Morgan fingerprint density at radius 3 is 2.62 bits per heavy atom. The van der Waals surface area contributed by atoms with Crippen LogP contribution in [0.25, 0.3) is 5.57 Å². The molecule has 0 aliphatic carbocycles. The Hall–Kier alpha value is -1.20. The number of halogens is 3. The van der Waals surface area contributed by atoms with Crippen LogP contribution >= 0.6 is 35.6 Å². The first-order valence-corrected chi connectivity index (χ1v) is 9.40. The highest BCUT2D eigenvalue weighted by atomic mass is 35.5. The SMILES string of the molecule is Cc1nc(Cl)c(Cl)n1CCCCC1CC(c2ccc(O)cc2)=CCN1.Cl. The van der Waals surface area contributed by atoms with Gasteiger partial charge in [0.15, 0.2) is 5.15 Å². The monoisotopic (exact) mass is 415 g/mol. The Morgan fingerprint density at radius 1 is 1.23 bits per heavy atom. The van der Waals surface area contributed by atoms with E-state index in [-0.39, 0.29) is 12.4 Å². The minimum atomic E-state index is 0. The summed E-state index contributed by atoms with van der Waals surface area (Å²) in [5, 5.41) is 13.9. The molecular formula is C19H24Cl3N3O. The molecule has 26 heavy (non-hydrogen) atoms. The standard InChI is InChI=1S/C19H23Cl2N3O.ClH/c1-13-23-18(20)19(21)24(13)11-3-2-4-16-12-15(9-10-22-16)14-5-7-17(25)8-6-14;/h5-9,16,22,25H,2-4,10-12H2,1H3;1H. The van der Waals surface area contributed by atoms with Crippen molar-refractivity contribution in [2.45, 2.75) is 45.2 Å². The van der Waals surface area contributed by atoms with Gasteiger partial charge in [-0.2, -0.15) is 0 Å². The molecule has 2 N–H and O–H groups in total. The van der Waals surface area contributed by atoms with E-state index in [1.807, 2.05) is 23.6 Å². The summed E-state index contributed by atoms with van der Waals surface area (Å²) in [6, 6.07) is 7.94. The predicted octanol–water partition coefficient (Wildman–Crippen LogP) is 5.24. The number of hydrogen-bond acceptors (Lipinski definition) is 3. The molecule has 3 rings (SSSR count). The van der Waals surface area contributed by atoms with E-state index >= 15 is 0 Å². The average molecular weight is 417 g/mol. The average Bonchev–Trinajstić information content (AvgIpc) is 2.85. The maximum Gasteiger partial charge on any atom is 0.166 e. The van der Waals surface area contributed by atoms with E-state index in [1.54, 1.807) is 12.1 Å². The second-order valence-electron chi connectivity index (χ2n) is 6.47. The van der Waals surface area contributed by atoms with Crippen molar-refractivity contribution in [1.29, 1.82) is 0 Å². The number of phenols is 1. The molecule has 0 bridgehead atoms. The molecule has 2 aromatic rings. The van der Waals surface area contributed by atoms with Gasteiger partial charge in [-0.05, 0) is 49.5 Å². The fourth-order valence-electron chi connectivity index (χ4n) is 3.31. The quantitative estimate of drug-likeness (QED) is 0.633. The second-order valence-corrected chi connectivity index (χ2v) is 7.19. The topological polar surface area (TPSA) is 50.1 Å². The summed E-state index contributed by atoms with van der Waals surface area (Å²) in [7, 11) is 0. The lowest BCUT2D eigenvalue weighted by Crippen LogP contribution is -2.32. The van der Waals surface area contributed by atoms with Crippen molar-refractivity contribution in [3.8, 4) is 5.75 Å². The summed E-state index contributed by atoms with van der Waals surface area (Å²) in [5.74, 6) is 1.17. The molecule has 2 heterocycles. The van der Waals surface area contributed by atoms with Crippen LogP contribution in [0.3, 0.4) is 0 Å². The summed E-state index contributed by atoms with van der Waals surface area (Å²) < 4.78 is 1.97. The normalized spacial score (nSPS) is 16.9. The molecule has 1 atom stereocenters. The van der Waals surface area contributed by atoms with Gasteiger partial charge in [-0.3, -0.25) is 0 Å². The molecule has 7 heteroatoms. The molecule has 0 radical (unpaired) electrons. The van der Waals surface area contributed by atoms with E-state index in [1.165, 1.54) is 11.1 Å². The Morgan fingerprint density at radius 2 is 1.96 bits per heavy atom. The van der Waals surface area contributed by atoms with E-state index in [9.17, 15) is 5.11 Å². The van der Waals surface area contributed by atoms with Crippen LogP contribution in [0.1, 0.15) is 37.1 Å². The summed E-state index contributed by atoms with van der Waals surface area (Å²) in [6.45, 7) is 3.66. The molecule has 0 amide bonds. The first-order valence-electron chi connectivity index (χ1n) is 8.64. The maximum atomic E-state index is 9.43. The molecule has 0 saturated heterocycles. The van der Waals surface area contributed by atoms with Gasteiger partial charge in [0.25, 0.3) is 0 Å². The zero-order valence-electron chi connectivity index (χ0n) is 14.7. The van der Waals surface area contributed by atoms with Crippen molar-refractivity contribution in [2.24, 2.45) is 0 Å². The number of unbranched alkanes of at least 4 members (excludes halogenated alkanes) is 1. The highest BCUT2D eigenvalue weighted by Crippen LogP contribution is 2.26. The van der Waals surface area contributed by atoms with Crippen molar-refractivity contribution >= 4 is 41.2 Å². The second kappa shape index (κ2) is 9.65. The van der Waals surface area contributed by atoms with E-state index in [4.69, 9.17) is 23.2 Å². The number of aromatic nitrogens is 2. The molecule has 142 valence electrons. The van der Waals surface area contributed by atoms with Crippen molar-refractivity contribution < 1.29 is 5.11 Å². The fraction of sp³-hybridized carbons (Fsp3) is 0.421. The first kappa shape index (κ1) is 21.1. The van der Waals surface area contributed by atoms with Crippen LogP contribution in [-0.2, 0) is 6.54 Å². The number of benzene rings is 1. The number of imidazole rings is 1. The largest absolute Gasteiger partial charge is 0.508 e. The molecule has 1 aromatic carbocycles. The number of aryl methyl sites for hydroxylation is 1. The molecule has 1 aliphatic heterocycles. The fourth-order valence-corrected chi connectivity index (χ4v) is 3.78. The number of rotatable bonds is 6. The lowest BCUT2D eigenvalue weighted by Gasteiger charge is -2.24. The van der Waals surface area contributed by atoms with Gasteiger partial charge in [-0.15, -0.1) is 12.4 Å². The third-order valence-corrected chi connectivity index (χ3v) is 5.44. The Balaban J connectivity index is 0.00000243. The van der Waals surface area contributed by atoms with Gasteiger partial charge in [0.05, 0.1) is 0 Å². The minimum Gasteiger partial charge on any atom is -0.508 e. The molecule has 0 spiro atoms. The van der Waals surface area contributed by atoms with Crippen LogP contribution in [0.2, 0.25) is 10.3 Å². The number of hydrogen-bond donors (Lipinski definition) is 2. The maximum absolute atomic E-state index is 9.43. The molecule has 1 aliphatic rings. The number of phenolic OH excluding ortho intramolecular Hbond substituents is 1. The smallest absolute Gasteiger partial charge is 0.166 e. The van der Waals surface area contributed by atoms with Crippen LogP contribution < -0.4 is 5.32 Å². The van der Waals surface area contributed by atoms with Gasteiger partial charge in [0.2, 0.25) is 0 Å². The van der Waals surface area contributed by atoms with Crippen LogP contribution in [-0.4, -0.2) is 27.2 Å². The predicted molar refractivity (Wildman–Crippen MR) is 111 cm³/mol. The highest BCUT2D eigenvalue weighted by molar-refractivity contribution is 6.40. The molecule has 1 aromatic heterocycles. The summed E-state index contributed by atoms with van der Waals surface area (Å²) in [4.78, 5) is 4.19.